The molecule has 1 heterocycles. The lowest BCUT2D eigenvalue weighted by atomic mass is 10.1. The second kappa shape index (κ2) is 6.33. The Labute approximate surface area is 144 Å². The maximum absolute atomic E-state index is 6.09. The fraction of sp³-hybridized carbons (Fsp3) is 0.118. The Hall–Kier alpha value is -1.48. The summed E-state index contributed by atoms with van der Waals surface area (Å²) in [5, 5.41) is 1.80. The van der Waals surface area contributed by atoms with Gasteiger partial charge in [0.2, 0.25) is 0 Å². The van der Waals surface area contributed by atoms with Crippen LogP contribution in [-0.4, -0.2) is 9.97 Å². The molecule has 0 aliphatic rings. The third kappa shape index (κ3) is 3.30. The third-order valence-corrected chi connectivity index (χ3v) is 4.40. The predicted octanol–water partition coefficient (Wildman–Crippen LogP) is 5.94. The van der Waals surface area contributed by atoms with E-state index in [0.29, 0.717) is 10.0 Å². The van der Waals surface area contributed by atoms with Crippen LogP contribution in [0.15, 0.2) is 42.5 Å². The van der Waals surface area contributed by atoms with E-state index in [1.807, 2.05) is 43.3 Å². The first kappa shape index (κ1) is 15.4. The number of imidazole rings is 1. The van der Waals surface area contributed by atoms with E-state index in [0.717, 1.165) is 39.8 Å². The van der Waals surface area contributed by atoms with Gasteiger partial charge >= 0.3 is 0 Å². The number of benzene rings is 2. The van der Waals surface area contributed by atoms with E-state index in [1.54, 1.807) is 6.07 Å². The van der Waals surface area contributed by atoms with E-state index in [4.69, 9.17) is 34.8 Å². The molecule has 2 aromatic carbocycles. The number of hydrogen-bond acceptors (Lipinski definition) is 1. The average molecular weight is 352 g/mol. The van der Waals surface area contributed by atoms with Crippen LogP contribution in [0.25, 0.3) is 11.3 Å². The number of nitrogens with one attached hydrogen (secondary N) is 1. The van der Waals surface area contributed by atoms with E-state index in [2.05, 4.69) is 9.97 Å². The van der Waals surface area contributed by atoms with Gasteiger partial charge in [0.15, 0.2) is 0 Å². The van der Waals surface area contributed by atoms with Crippen LogP contribution in [-0.2, 0) is 6.42 Å². The molecule has 3 rings (SSSR count). The van der Waals surface area contributed by atoms with Crippen molar-refractivity contribution in [2.45, 2.75) is 13.3 Å². The van der Waals surface area contributed by atoms with E-state index >= 15 is 0 Å². The molecule has 5 heteroatoms. The Morgan fingerprint density at radius 2 is 1.68 bits per heavy atom. The van der Waals surface area contributed by atoms with Gasteiger partial charge in [0.25, 0.3) is 0 Å². The van der Waals surface area contributed by atoms with Gasteiger partial charge in [-0.25, -0.2) is 4.98 Å². The lowest BCUT2D eigenvalue weighted by molar-refractivity contribution is 1.02. The van der Waals surface area contributed by atoms with Crippen LogP contribution in [0.1, 0.15) is 17.1 Å². The molecule has 2 nitrogen and oxygen atoms in total. The minimum atomic E-state index is 0.529. The Morgan fingerprint density at radius 1 is 0.955 bits per heavy atom. The predicted molar refractivity (Wildman–Crippen MR) is 93.0 cm³/mol. The summed E-state index contributed by atoms with van der Waals surface area (Å²) in [6.45, 7) is 2.00. The number of aromatic nitrogens is 2. The number of halogens is 3. The highest BCUT2D eigenvalue weighted by Gasteiger charge is 2.11. The van der Waals surface area contributed by atoms with E-state index < -0.39 is 0 Å². The summed E-state index contributed by atoms with van der Waals surface area (Å²) in [7, 11) is 0. The van der Waals surface area contributed by atoms with E-state index in [-0.39, 0.29) is 0 Å². The maximum atomic E-state index is 6.09. The second-order valence-corrected chi connectivity index (χ2v) is 6.34. The van der Waals surface area contributed by atoms with Gasteiger partial charge in [0.1, 0.15) is 5.82 Å². The second-order valence-electron chi connectivity index (χ2n) is 5.09. The molecular formula is C17H13Cl3N2. The van der Waals surface area contributed by atoms with Crippen molar-refractivity contribution in [3.63, 3.8) is 0 Å². The Balaban J connectivity index is 1.90. The fourth-order valence-corrected chi connectivity index (χ4v) is 2.75. The van der Waals surface area contributed by atoms with Gasteiger partial charge in [-0.3, -0.25) is 0 Å². The van der Waals surface area contributed by atoms with Gasteiger partial charge in [-0.1, -0.05) is 53.0 Å². The van der Waals surface area contributed by atoms with Gasteiger partial charge in [0.05, 0.1) is 15.7 Å². The van der Waals surface area contributed by atoms with E-state index in [9.17, 15) is 0 Å². The molecule has 0 unspecified atom stereocenters. The molecule has 0 saturated heterocycles. The molecule has 0 fully saturated rings. The molecule has 0 bridgehead atoms. The lowest BCUT2D eigenvalue weighted by Gasteiger charge is -2.01. The zero-order chi connectivity index (χ0) is 15.7. The number of hydrogen-bond donors (Lipinski definition) is 1. The first-order chi connectivity index (χ1) is 10.5. The topological polar surface area (TPSA) is 28.7 Å². The molecule has 1 aromatic heterocycles. The SMILES string of the molecule is Cc1[nH]c(Cc2ccc(Cl)cc2)nc1-c1ccc(Cl)c(Cl)c1. The van der Waals surface area contributed by atoms with Crippen molar-refractivity contribution in [1.82, 2.24) is 9.97 Å². The lowest BCUT2D eigenvalue weighted by Crippen LogP contribution is -1.90. The summed E-state index contributed by atoms with van der Waals surface area (Å²) < 4.78 is 0. The highest BCUT2D eigenvalue weighted by Crippen LogP contribution is 2.29. The minimum Gasteiger partial charge on any atom is -0.345 e. The Kier molecular flexibility index (Phi) is 4.44. The maximum Gasteiger partial charge on any atom is 0.111 e. The number of aromatic amines is 1. The molecule has 3 aromatic rings. The summed E-state index contributed by atoms with van der Waals surface area (Å²) in [6.07, 6.45) is 0.722. The van der Waals surface area contributed by atoms with Crippen molar-refractivity contribution in [2.75, 3.05) is 0 Å². The zero-order valence-corrected chi connectivity index (χ0v) is 14.1. The van der Waals surface area contributed by atoms with Crippen LogP contribution in [0, 0.1) is 6.92 Å². The highest BCUT2D eigenvalue weighted by atomic mass is 35.5. The number of aryl methyl sites for hydroxylation is 1. The summed E-state index contributed by atoms with van der Waals surface area (Å²) >= 11 is 18.0. The molecule has 0 aliphatic heterocycles. The molecular weight excluding hydrogens is 339 g/mol. The van der Waals surface area contributed by atoms with Crippen LogP contribution in [0.3, 0.4) is 0 Å². The summed E-state index contributed by atoms with van der Waals surface area (Å²) in [6, 6.07) is 13.3. The molecule has 0 radical (unpaired) electrons. The standard InChI is InChI=1S/C17H13Cl3N2/c1-10-17(12-4-7-14(19)15(20)9-12)22-16(21-10)8-11-2-5-13(18)6-3-11/h2-7,9H,8H2,1H3,(H,21,22). The molecule has 22 heavy (non-hydrogen) atoms. The molecule has 1 N–H and O–H groups in total. The van der Waals surface area contributed by atoms with Crippen molar-refractivity contribution in [3.8, 4) is 11.3 Å². The zero-order valence-electron chi connectivity index (χ0n) is 11.8. The quantitative estimate of drug-likeness (QED) is 0.622. The Morgan fingerprint density at radius 3 is 2.36 bits per heavy atom. The fourth-order valence-electron chi connectivity index (χ4n) is 2.33. The van der Waals surface area contributed by atoms with Crippen LogP contribution >= 0.6 is 34.8 Å². The van der Waals surface area contributed by atoms with Crippen molar-refractivity contribution in [3.05, 3.63) is 74.6 Å². The van der Waals surface area contributed by atoms with Gasteiger partial charge in [-0.15, -0.1) is 0 Å². The molecule has 112 valence electrons. The van der Waals surface area contributed by atoms with Crippen LogP contribution < -0.4 is 0 Å². The van der Waals surface area contributed by atoms with Crippen molar-refractivity contribution < 1.29 is 0 Å². The molecule has 0 saturated carbocycles. The first-order valence-corrected chi connectivity index (χ1v) is 7.91. The minimum absolute atomic E-state index is 0.529. The van der Waals surface area contributed by atoms with Crippen molar-refractivity contribution in [2.24, 2.45) is 0 Å². The number of H-pyrrole nitrogens is 1. The number of rotatable bonds is 3. The van der Waals surface area contributed by atoms with Gasteiger partial charge in [-0.05, 0) is 36.8 Å². The highest BCUT2D eigenvalue weighted by molar-refractivity contribution is 6.42. The Bertz CT molecular complexity index is 807. The van der Waals surface area contributed by atoms with Crippen molar-refractivity contribution in [1.29, 1.82) is 0 Å². The van der Waals surface area contributed by atoms with Crippen molar-refractivity contribution >= 4 is 34.8 Å². The third-order valence-electron chi connectivity index (χ3n) is 3.41. The number of nitrogens with zero attached hydrogens (tertiary/aromatic N) is 1. The average Bonchev–Trinajstić information content (AvgIpc) is 2.85. The monoisotopic (exact) mass is 350 g/mol. The largest absolute Gasteiger partial charge is 0.345 e. The van der Waals surface area contributed by atoms with Crippen LogP contribution in [0.2, 0.25) is 15.1 Å². The summed E-state index contributed by atoms with van der Waals surface area (Å²) in [5.41, 5.74) is 3.99. The van der Waals surface area contributed by atoms with Crippen LogP contribution in [0.5, 0.6) is 0 Å². The van der Waals surface area contributed by atoms with Gasteiger partial charge in [-0.2, -0.15) is 0 Å². The normalized spacial score (nSPS) is 10.9. The summed E-state index contributed by atoms with van der Waals surface area (Å²) in [5.74, 6) is 0.904. The first-order valence-electron chi connectivity index (χ1n) is 6.78. The van der Waals surface area contributed by atoms with Crippen LogP contribution in [0.4, 0.5) is 0 Å². The molecule has 0 amide bonds. The van der Waals surface area contributed by atoms with Gasteiger partial charge < -0.3 is 4.98 Å². The summed E-state index contributed by atoms with van der Waals surface area (Å²) in [4.78, 5) is 8.00. The smallest absolute Gasteiger partial charge is 0.111 e. The molecule has 0 aliphatic carbocycles. The van der Waals surface area contributed by atoms with E-state index in [1.165, 1.54) is 0 Å². The molecule has 0 atom stereocenters. The van der Waals surface area contributed by atoms with Gasteiger partial charge in [0, 0.05) is 22.7 Å². The molecule has 0 spiro atoms.